The largest absolute Gasteiger partial charge is 0.477 e. The molecule has 13 heavy (non-hydrogen) atoms. The summed E-state index contributed by atoms with van der Waals surface area (Å²) in [5.41, 5.74) is 1.10. The highest BCUT2D eigenvalue weighted by Crippen LogP contribution is 2.04. The van der Waals surface area contributed by atoms with E-state index in [0.29, 0.717) is 5.88 Å². The molecule has 0 aliphatic rings. The summed E-state index contributed by atoms with van der Waals surface area (Å²) in [5, 5.41) is 8.57. The zero-order valence-electron chi connectivity index (χ0n) is 7.03. The van der Waals surface area contributed by atoms with Gasteiger partial charge in [0.1, 0.15) is 5.69 Å². The Bertz CT molecular complexity index is 284. The molecule has 0 aliphatic carbocycles. The van der Waals surface area contributed by atoms with Crippen LogP contribution >= 0.6 is 11.6 Å². The normalized spacial score (nSPS) is 9.92. The number of hydrogen-bond donors (Lipinski definition) is 1. The molecule has 0 radical (unpaired) electrons. The third kappa shape index (κ3) is 3.03. The molecule has 0 unspecified atom stereocenters. The van der Waals surface area contributed by atoms with Gasteiger partial charge in [-0.2, -0.15) is 0 Å². The van der Waals surface area contributed by atoms with Gasteiger partial charge in [-0.05, 0) is 24.5 Å². The molecule has 0 aliphatic heterocycles. The van der Waals surface area contributed by atoms with Crippen molar-refractivity contribution < 1.29 is 9.90 Å². The van der Waals surface area contributed by atoms with Crippen molar-refractivity contribution in [3.8, 4) is 0 Å². The van der Waals surface area contributed by atoms with E-state index >= 15 is 0 Å². The molecule has 0 spiro atoms. The Morgan fingerprint density at radius 1 is 1.54 bits per heavy atom. The van der Waals surface area contributed by atoms with E-state index < -0.39 is 5.97 Å². The second kappa shape index (κ2) is 4.82. The van der Waals surface area contributed by atoms with Crippen LogP contribution in [0.3, 0.4) is 0 Å². The molecule has 0 saturated carbocycles. The number of alkyl halides is 1. The summed E-state index contributed by atoms with van der Waals surface area (Å²) in [6, 6.07) is 3.27. The van der Waals surface area contributed by atoms with E-state index in [4.69, 9.17) is 16.7 Å². The zero-order valence-corrected chi connectivity index (χ0v) is 7.79. The molecule has 1 aromatic rings. The lowest BCUT2D eigenvalue weighted by atomic mass is 10.1. The average Bonchev–Trinajstić information content (AvgIpc) is 2.15. The fourth-order valence-corrected chi connectivity index (χ4v) is 1.10. The Hall–Kier alpha value is -1.09. The fourth-order valence-electron chi connectivity index (χ4n) is 0.970. The summed E-state index contributed by atoms with van der Waals surface area (Å²) < 4.78 is 0. The minimum atomic E-state index is -0.996. The van der Waals surface area contributed by atoms with Gasteiger partial charge in [0.15, 0.2) is 0 Å². The van der Waals surface area contributed by atoms with Crippen molar-refractivity contribution in [2.75, 3.05) is 5.88 Å². The summed E-state index contributed by atoms with van der Waals surface area (Å²) in [7, 11) is 0. The lowest BCUT2D eigenvalue weighted by Gasteiger charge is -1.98. The second-order valence-electron chi connectivity index (χ2n) is 2.65. The minimum Gasteiger partial charge on any atom is -0.477 e. The molecule has 3 nitrogen and oxygen atoms in total. The molecule has 70 valence electrons. The number of halogens is 1. The van der Waals surface area contributed by atoms with E-state index in [1.165, 1.54) is 6.07 Å². The van der Waals surface area contributed by atoms with Crippen LogP contribution in [-0.2, 0) is 6.42 Å². The van der Waals surface area contributed by atoms with Crippen LogP contribution < -0.4 is 0 Å². The maximum atomic E-state index is 10.4. The first kappa shape index (κ1) is 9.99. The van der Waals surface area contributed by atoms with E-state index in [2.05, 4.69) is 4.98 Å². The van der Waals surface area contributed by atoms with Crippen molar-refractivity contribution in [3.05, 3.63) is 29.6 Å². The van der Waals surface area contributed by atoms with Gasteiger partial charge >= 0.3 is 5.97 Å². The summed E-state index contributed by atoms with van der Waals surface area (Å²) in [6.45, 7) is 0. The van der Waals surface area contributed by atoms with Gasteiger partial charge in [0.25, 0.3) is 0 Å². The predicted octanol–water partition coefficient (Wildman–Crippen LogP) is 1.95. The highest BCUT2D eigenvalue weighted by molar-refractivity contribution is 6.17. The van der Waals surface area contributed by atoms with Crippen LogP contribution in [0.25, 0.3) is 0 Å². The van der Waals surface area contributed by atoms with Crippen molar-refractivity contribution in [1.29, 1.82) is 0 Å². The lowest BCUT2D eigenvalue weighted by molar-refractivity contribution is 0.0690. The molecular formula is C9H10ClNO2. The number of aryl methyl sites for hydroxylation is 1. The molecule has 0 aromatic carbocycles. The van der Waals surface area contributed by atoms with Crippen LogP contribution in [0.2, 0.25) is 0 Å². The first-order valence-corrected chi connectivity index (χ1v) is 4.51. The van der Waals surface area contributed by atoms with Gasteiger partial charge in [-0.3, -0.25) is 0 Å². The van der Waals surface area contributed by atoms with E-state index in [-0.39, 0.29) is 5.69 Å². The number of carboxylic acids is 1. The Morgan fingerprint density at radius 2 is 2.31 bits per heavy atom. The number of aromatic carboxylic acids is 1. The molecule has 4 heteroatoms. The lowest BCUT2D eigenvalue weighted by Crippen LogP contribution is -2.00. The average molecular weight is 200 g/mol. The summed E-state index contributed by atoms with van der Waals surface area (Å²) in [4.78, 5) is 14.2. The Balaban J connectivity index is 2.64. The third-order valence-electron chi connectivity index (χ3n) is 1.64. The maximum absolute atomic E-state index is 10.4. The van der Waals surface area contributed by atoms with Gasteiger partial charge in [-0.1, -0.05) is 6.07 Å². The van der Waals surface area contributed by atoms with Crippen LogP contribution in [0.4, 0.5) is 0 Å². The standard InChI is InChI=1S/C9H10ClNO2/c10-5-1-2-7-3-4-8(9(12)13)11-6-7/h3-4,6H,1-2,5H2,(H,12,13). The van der Waals surface area contributed by atoms with Crippen LogP contribution in [0, 0.1) is 0 Å². The van der Waals surface area contributed by atoms with Crippen molar-refractivity contribution in [2.24, 2.45) is 0 Å². The summed E-state index contributed by atoms with van der Waals surface area (Å²) in [5.74, 6) is -0.385. The molecule has 0 fully saturated rings. The van der Waals surface area contributed by atoms with Crippen molar-refractivity contribution in [1.82, 2.24) is 4.98 Å². The first-order chi connectivity index (χ1) is 6.24. The van der Waals surface area contributed by atoms with Gasteiger partial charge in [-0.25, -0.2) is 9.78 Å². The number of aromatic nitrogens is 1. The molecular weight excluding hydrogens is 190 g/mol. The van der Waals surface area contributed by atoms with Gasteiger partial charge < -0.3 is 5.11 Å². The number of pyridine rings is 1. The highest BCUT2D eigenvalue weighted by atomic mass is 35.5. The van der Waals surface area contributed by atoms with Crippen molar-refractivity contribution >= 4 is 17.6 Å². The van der Waals surface area contributed by atoms with Crippen LogP contribution in [0.5, 0.6) is 0 Å². The van der Waals surface area contributed by atoms with Gasteiger partial charge in [0, 0.05) is 12.1 Å². The van der Waals surface area contributed by atoms with Gasteiger partial charge in [0.05, 0.1) is 0 Å². The monoisotopic (exact) mass is 199 g/mol. The minimum absolute atomic E-state index is 0.0784. The van der Waals surface area contributed by atoms with Crippen molar-refractivity contribution in [2.45, 2.75) is 12.8 Å². The molecule has 0 atom stereocenters. The Morgan fingerprint density at radius 3 is 2.77 bits per heavy atom. The second-order valence-corrected chi connectivity index (χ2v) is 3.03. The predicted molar refractivity (Wildman–Crippen MR) is 50.2 cm³/mol. The van der Waals surface area contributed by atoms with Crippen LogP contribution in [0.15, 0.2) is 18.3 Å². The van der Waals surface area contributed by atoms with E-state index in [0.717, 1.165) is 18.4 Å². The van der Waals surface area contributed by atoms with Crippen LogP contribution in [-0.4, -0.2) is 21.9 Å². The Kier molecular flexibility index (Phi) is 3.71. The number of nitrogens with zero attached hydrogens (tertiary/aromatic N) is 1. The van der Waals surface area contributed by atoms with Crippen LogP contribution in [0.1, 0.15) is 22.5 Å². The van der Waals surface area contributed by atoms with E-state index in [1.54, 1.807) is 12.3 Å². The van der Waals surface area contributed by atoms with Crippen molar-refractivity contribution in [3.63, 3.8) is 0 Å². The fraction of sp³-hybridized carbons (Fsp3) is 0.333. The molecule has 0 saturated heterocycles. The van der Waals surface area contributed by atoms with Gasteiger partial charge in [0.2, 0.25) is 0 Å². The summed E-state index contributed by atoms with van der Waals surface area (Å²) >= 11 is 5.52. The van der Waals surface area contributed by atoms with Gasteiger partial charge in [-0.15, -0.1) is 11.6 Å². The number of carboxylic acid groups (broad SMARTS) is 1. The summed E-state index contributed by atoms with van der Waals surface area (Å²) in [6.07, 6.45) is 3.31. The maximum Gasteiger partial charge on any atom is 0.354 e. The van der Waals surface area contributed by atoms with E-state index in [1.807, 2.05) is 0 Å². The topological polar surface area (TPSA) is 50.2 Å². The number of hydrogen-bond acceptors (Lipinski definition) is 2. The Labute approximate surface area is 81.4 Å². The third-order valence-corrected chi connectivity index (χ3v) is 1.91. The molecule has 0 bridgehead atoms. The van der Waals surface area contributed by atoms with E-state index in [9.17, 15) is 4.79 Å². The molecule has 1 rings (SSSR count). The molecule has 1 N–H and O–H groups in total. The molecule has 0 amide bonds. The highest BCUT2D eigenvalue weighted by Gasteiger charge is 2.02. The first-order valence-electron chi connectivity index (χ1n) is 3.98. The smallest absolute Gasteiger partial charge is 0.354 e. The zero-order chi connectivity index (χ0) is 9.68. The molecule has 1 aromatic heterocycles. The number of carbonyl (C=O) groups is 1. The quantitative estimate of drug-likeness (QED) is 0.755. The SMILES string of the molecule is O=C(O)c1ccc(CCCCl)cn1. The number of rotatable bonds is 4. The molecule has 1 heterocycles.